The van der Waals surface area contributed by atoms with Crippen LogP contribution in [-0.2, 0) is 9.53 Å². The number of hydrogen-bond acceptors (Lipinski definition) is 3. The highest BCUT2D eigenvalue weighted by Crippen LogP contribution is 2.00. The second-order valence-electron chi connectivity index (χ2n) is 4.73. The molecule has 0 atom stereocenters. The Balaban J connectivity index is 0.000000360. The average Bonchev–Trinajstić information content (AvgIpc) is 2.35. The van der Waals surface area contributed by atoms with Crippen molar-refractivity contribution in [3.05, 3.63) is 0 Å². The van der Waals surface area contributed by atoms with Crippen LogP contribution in [-0.4, -0.2) is 62.1 Å². The van der Waals surface area contributed by atoms with Crippen LogP contribution in [0.25, 0.3) is 0 Å². The standard InChI is InChI=1S/C8H16N2O.C6H14O/c1-3-4-10-6-5-9(2)7-8(10)11;1-3-5-7-6-4-2/h3-7H2,1-2H3;3-6H2,1-2H3. The van der Waals surface area contributed by atoms with Crippen molar-refractivity contribution >= 4 is 5.91 Å². The molecular formula is C14H30N2O2. The smallest absolute Gasteiger partial charge is 0.236 e. The second-order valence-corrected chi connectivity index (χ2v) is 4.73. The van der Waals surface area contributed by atoms with Crippen molar-refractivity contribution in [3.8, 4) is 0 Å². The minimum Gasteiger partial charge on any atom is -0.381 e. The lowest BCUT2D eigenvalue weighted by Crippen LogP contribution is -2.48. The van der Waals surface area contributed by atoms with Crippen LogP contribution in [0.15, 0.2) is 0 Å². The molecule has 0 radical (unpaired) electrons. The van der Waals surface area contributed by atoms with Gasteiger partial charge in [0.2, 0.25) is 5.91 Å². The van der Waals surface area contributed by atoms with Crippen LogP contribution in [0, 0.1) is 0 Å². The number of carbonyl (C=O) groups is 1. The van der Waals surface area contributed by atoms with Crippen LogP contribution in [0.1, 0.15) is 40.0 Å². The van der Waals surface area contributed by atoms with Gasteiger partial charge in [0, 0.05) is 32.8 Å². The van der Waals surface area contributed by atoms with E-state index in [-0.39, 0.29) is 5.91 Å². The molecule has 0 bridgehead atoms. The van der Waals surface area contributed by atoms with E-state index in [1.54, 1.807) is 0 Å². The summed E-state index contributed by atoms with van der Waals surface area (Å²) in [6, 6.07) is 0. The Kier molecular flexibility index (Phi) is 11.1. The Labute approximate surface area is 112 Å². The fourth-order valence-corrected chi connectivity index (χ4v) is 1.72. The average molecular weight is 258 g/mol. The number of likely N-dealkylation sites (N-methyl/N-ethyl adjacent to an activating group) is 1. The number of nitrogens with zero attached hydrogens (tertiary/aromatic N) is 2. The molecular weight excluding hydrogens is 228 g/mol. The third-order valence-electron chi connectivity index (χ3n) is 2.70. The molecule has 0 aliphatic carbocycles. The van der Waals surface area contributed by atoms with Crippen molar-refractivity contribution in [1.29, 1.82) is 0 Å². The maximum atomic E-state index is 11.3. The lowest BCUT2D eigenvalue weighted by atomic mass is 10.3. The van der Waals surface area contributed by atoms with Crippen LogP contribution in [0.2, 0.25) is 0 Å². The van der Waals surface area contributed by atoms with E-state index < -0.39 is 0 Å². The highest BCUT2D eigenvalue weighted by atomic mass is 16.5. The summed E-state index contributed by atoms with van der Waals surface area (Å²) < 4.78 is 5.13. The molecule has 1 heterocycles. The first-order chi connectivity index (χ1) is 8.65. The maximum Gasteiger partial charge on any atom is 0.236 e. The van der Waals surface area contributed by atoms with E-state index >= 15 is 0 Å². The Morgan fingerprint density at radius 2 is 1.67 bits per heavy atom. The molecule has 1 fully saturated rings. The summed E-state index contributed by atoms with van der Waals surface area (Å²) in [5.41, 5.74) is 0. The van der Waals surface area contributed by atoms with Crippen molar-refractivity contribution in [2.24, 2.45) is 0 Å². The lowest BCUT2D eigenvalue weighted by molar-refractivity contribution is -0.135. The SMILES string of the molecule is CCCN1CCN(C)CC1=O.CCCOCCC. The zero-order valence-corrected chi connectivity index (χ0v) is 12.6. The Morgan fingerprint density at radius 1 is 1.06 bits per heavy atom. The van der Waals surface area contributed by atoms with Gasteiger partial charge in [-0.1, -0.05) is 20.8 Å². The fraction of sp³-hybridized carbons (Fsp3) is 0.929. The molecule has 1 rings (SSSR count). The van der Waals surface area contributed by atoms with Gasteiger partial charge in [-0.25, -0.2) is 0 Å². The largest absolute Gasteiger partial charge is 0.381 e. The van der Waals surface area contributed by atoms with Gasteiger partial charge < -0.3 is 9.64 Å². The molecule has 1 saturated heterocycles. The van der Waals surface area contributed by atoms with Crippen LogP contribution in [0.4, 0.5) is 0 Å². The van der Waals surface area contributed by atoms with Gasteiger partial charge in [0.05, 0.1) is 6.54 Å². The van der Waals surface area contributed by atoms with E-state index in [0.29, 0.717) is 6.54 Å². The molecule has 0 aromatic heterocycles. The van der Waals surface area contributed by atoms with Crippen molar-refractivity contribution in [1.82, 2.24) is 9.80 Å². The Hall–Kier alpha value is -0.610. The van der Waals surface area contributed by atoms with E-state index in [1.165, 1.54) is 0 Å². The summed E-state index contributed by atoms with van der Waals surface area (Å²) in [6.07, 6.45) is 3.34. The number of carbonyl (C=O) groups excluding carboxylic acids is 1. The summed E-state index contributed by atoms with van der Waals surface area (Å²) in [6.45, 7) is 11.6. The molecule has 0 aromatic carbocycles. The summed E-state index contributed by atoms with van der Waals surface area (Å²) in [7, 11) is 1.99. The number of piperazine rings is 1. The molecule has 0 aromatic rings. The quantitative estimate of drug-likeness (QED) is 0.683. The minimum atomic E-state index is 0.278. The van der Waals surface area contributed by atoms with Gasteiger partial charge in [-0.05, 0) is 26.3 Å². The number of hydrogen-bond donors (Lipinski definition) is 0. The topological polar surface area (TPSA) is 32.8 Å². The minimum absolute atomic E-state index is 0.278. The van der Waals surface area contributed by atoms with Crippen molar-refractivity contribution in [2.45, 2.75) is 40.0 Å². The zero-order chi connectivity index (χ0) is 13.8. The van der Waals surface area contributed by atoms with Gasteiger partial charge in [0.25, 0.3) is 0 Å². The number of rotatable bonds is 6. The van der Waals surface area contributed by atoms with Crippen LogP contribution >= 0.6 is 0 Å². The third-order valence-corrected chi connectivity index (χ3v) is 2.70. The number of amides is 1. The molecule has 18 heavy (non-hydrogen) atoms. The van der Waals surface area contributed by atoms with Gasteiger partial charge in [-0.2, -0.15) is 0 Å². The lowest BCUT2D eigenvalue weighted by Gasteiger charge is -2.31. The molecule has 4 nitrogen and oxygen atoms in total. The van der Waals surface area contributed by atoms with Crippen LogP contribution in [0.3, 0.4) is 0 Å². The molecule has 1 aliphatic heterocycles. The first-order valence-corrected chi connectivity index (χ1v) is 7.19. The van der Waals surface area contributed by atoms with E-state index in [2.05, 4.69) is 25.7 Å². The highest BCUT2D eigenvalue weighted by molar-refractivity contribution is 5.78. The molecule has 0 saturated carbocycles. The van der Waals surface area contributed by atoms with Gasteiger partial charge in [-0.15, -0.1) is 0 Å². The van der Waals surface area contributed by atoms with Crippen LogP contribution in [0.5, 0.6) is 0 Å². The molecule has 4 heteroatoms. The predicted molar refractivity (Wildman–Crippen MR) is 75.8 cm³/mol. The first-order valence-electron chi connectivity index (χ1n) is 7.19. The fourth-order valence-electron chi connectivity index (χ4n) is 1.72. The normalized spacial score (nSPS) is 16.4. The molecule has 108 valence electrons. The maximum absolute atomic E-state index is 11.3. The van der Waals surface area contributed by atoms with Gasteiger partial charge in [-0.3, -0.25) is 9.69 Å². The van der Waals surface area contributed by atoms with E-state index in [4.69, 9.17) is 4.74 Å². The summed E-state index contributed by atoms with van der Waals surface area (Å²) in [5.74, 6) is 0.278. The van der Waals surface area contributed by atoms with E-state index in [1.807, 2.05) is 11.9 Å². The summed E-state index contributed by atoms with van der Waals surface area (Å²) in [4.78, 5) is 15.3. The van der Waals surface area contributed by atoms with Crippen molar-refractivity contribution < 1.29 is 9.53 Å². The third kappa shape index (κ3) is 8.48. The van der Waals surface area contributed by atoms with E-state index in [9.17, 15) is 4.79 Å². The van der Waals surface area contributed by atoms with Crippen molar-refractivity contribution in [2.75, 3.05) is 46.4 Å². The van der Waals surface area contributed by atoms with Gasteiger partial charge in [0.1, 0.15) is 0 Å². The van der Waals surface area contributed by atoms with E-state index in [0.717, 1.165) is 52.1 Å². The van der Waals surface area contributed by atoms with Gasteiger partial charge >= 0.3 is 0 Å². The monoisotopic (exact) mass is 258 g/mol. The Morgan fingerprint density at radius 3 is 2.11 bits per heavy atom. The Bertz CT molecular complexity index is 206. The second kappa shape index (κ2) is 11.5. The molecule has 0 N–H and O–H groups in total. The summed E-state index contributed by atoms with van der Waals surface area (Å²) in [5, 5.41) is 0. The molecule has 1 aliphatic rings. The first kappa shape index (κ1) is 17.4. The molecule has 1 amide bonds. The zero-order valence-electron chi connectivity index (χ0n) is 12.6. The summed E-state index contributed by atoms with van der Waals surface area (Å²) >= 11 is 0. The number of ether oxygens (including phenoxy) is 1. The van der Waals surface area contributed by atoms with Gasteiger partial charge in [0.15, 0.2) is 0 Å². The molecule has 0 unspecified atom stereocenters. The molecule has 0 spiro atoms. The van der Waals surface area contributed by atoms with Crippen molar-refractivity contribution in [3.63, 3.8) is 0 Å². The predicted octanol–water partition coefficient (Wildman–Crippen LogP) is 1.99. The highest BCUT2D eigenvalue weighted by Gasteiger charge is 2.19. The van der Waals surface area contributed by atoms with Crippen LogP contribution < -0.4 is 0 Å².